The van der Waals surface area contributed by atoms with Crippen LogP contribution in [-0.2, 0) is 26.5 Å². The molecule has 29 heavy (non-hydrogen) atoms. The largest absolute Gasteiger partial charge is 0.424 e. The number of imide groups is 1. The van der Waals surface area contributed by atoms with E-state index >= 15 is 0 Å². The highest BCUT2D eigenvalue weighted by molar-refractivity contribution is 6.22. The Balaban J connectivity index is 1.35. The average molecular weight is 393 g/mol. The summed E-state index contributed by atoms with van der Waals surface area (Å²) in [5.41, 5.74) is 1.99. The minimum absolute atomic E-state index is 0.137. The summed E-state index contributed by atoms with van der Waals surface area (Å²) < 4.78 is 11.8. The normalized spacial score (nSPS) is 24.7. The monoisotopic (exact) mass is 393 g/mol. The molecule has 0 radical (unpaired) electrons. The van der Waals surface area contributed by atoms with Crippen molar-refractivity contribution in [1.82, 2.24) is 9.97 Å². The van der Waals surface area contributed by atoms with Gasteiger partial charge in [0.15, 0.2) is 0 Å². The minimum Gasteiger partial charge on any atom is -0.424 e. The number of carbonyl (C=O) groups is 2. The topological polar surface area (TPSA) is 81.6 Å². The molecule has 2 aliphatic heterocycles. The summed E-state index contributed by atoms with van der Waals surface area (Å²) in [5, 5.41) is 0. The third-order valence-electron chi connectivity index (χ3n) is 6.61. The van der Waals surface area contributed by atoms with Crippen molar-refractivity contribution in [3.8, 4) is 11.8 Å². The lowest BCUT2D eigenvalue weighted by Crippen LogP contribution is -2.34. The van der Waals surface area contributed by atoms with E-state index in [0.29, 0.717) is 24.5 Å². The third kappa shape index (κ3) is 2.75. The van der Waals surface area contributed by atoms with E-state index in [2.05, 4.69) is 9.97 Å². The highest BCUT2D eigenvalue weighted by Gasteiger charge is 2.48. The molecular formula is C22H23N3O4. The van der Waals surface area contributed by atoms with E-state index in [-0.39, 0.29) is 29.8 Å². The molecule has 2 aromatic rings. The van der Waals surface area contributed by atoms with Crippen LogP contribution in [-0.4, -0.2) is 21.8 Å². The van der Waals surface area contributed by atoms with Gasteiger partial charge >= 0.3 is 6.01 Å². The molecule has 0 unspecified atom stereocenters. The van der Waals surface area contributed by atoms with E-state index in [1.807, 2.05) is 32.0 Å². The summed E-state index contributed by atoms with van der Waals surface area (Å²) in [7, 11) is 0. The Labute approximate surface area is 169 Å². The molecule has 7 nitrogen and oxygen atoms in total. The highest BCUT2D eigenvalue weighted by Crippen LogP contribution is 2.51. The van der Waals surface area contributed by atoms with Crippen molar-refractivity contribution in [1.29, 1.82) is 0 Å². The van der Waals surface area contributed by atoms with Crippen molar-refractivity contribution >= 4 is 17.5 Å². The van der Waals surface area contributed by atoms with Gasteiger partial charge in [-0.3, -0.25) is 9.59 Å². The number of fused-ring (bicyclic) bond motifs is 2. The lowest BCUT2D eigenvalue weighted by molar-refractivity contribution is -0.125. The van der Waals surface area contributed by atoms with Gasteiger partial charge in [-0.2, -0.15) is 0 Å². The smallest absolute Gasteiger partial charge is 0.322 e. The number of amides is 2. The molecule has 1 saturated carbocycles. The summed E-state index contributed by atoms with van der Waals surface area (Å²) in [4.78, 5) is 34.6. The fourth-order valence-corrected chi connectivity index (χ4v) is 4.37. The Bertz CT molecular complexity index is 1000. The molecule has 2 fully saturated rings. The summed E-state index contributed by atoms with van der Waals surface area (Å²) in [6, 6.07) is 6.10. The van der Waals surface area contributed by atoms with Crippen LogP contribution in [0.4, 0.5) is 5.69 Å². The van der Waals surface area contributed by atoms with E-state index < -0.39 is 5.41 Å². The number of hydrogen-bond donors (Lipinski definition) is 0. The Hall–Kier alpha value is -2.80. The van der Waals surface area contributed by atoms with Crippen LogP contribution in [0.3, 0.4) is 0 Å². The van der Waals surface area contributed by atoms with Crippen molar-refractivity contribution in [3.05, 3.63) is 41.7 Å². The Morgan fingerprint density at radius 3 is 2.59 bits per heavy atom. The van der Waals surface area contributed by atoms with Gasteiger partial charge in [0.1, 0.15) is 5.75 Å². The van der Waals surface area contributed by atoms with E-state index in [0.717, 1.165) is 12.8 Å². The summed E-state index contributed by atoms with van der Waals surface area (Å²) >= 11 is 0. The van der Waals surface area contributed by atoms with Crippen molar-refractivity contribution in [2.24, 2.45) is 5.41 Å². The van der Waals surface area contributed by atoms with E-state index in [1.54, 1.807) is 0 Å². The molecule has 0 bridgehead atoms. The molecular weight excluding hydrogens is 370 g/mol. The van der Waals surface area contributed by atoms with Gasteiger partial charge in [-0.05, 0) is 48.9 Å². The molecule has 2 amide bonds. The highest BCUT2D eigenvalue weighted by atomic mass is 16.5. The zero-order chi connectivity index (χ0) is 20.2. The van der Waals surface area contributed by atoms with Gasteiger partial charge in [0.05, 0.1) is 35.7 Å². The number of benzene rings is 1. The van der Waals surface area contributed by atoms with Crippen LogP contribution in [0.5, 0.6) is 11.8 Å². The summed E-state index contributed by atoms with van der Waals surface area (Å²) in [6.45, 7) is 4.38. The van der Waals surface area contributed by atoms with E-state index in [9.17, 15) is 9.59 Å². The standard InChI is InChI=1S/C22H23N3O4/c1-3-21(2)10-18(26)25(19(21)27)15-11-23-20(24-12-15)29-16-6-5-14-13-28-22(7-4-8-22)17(14)9-16/h5-6,9,11-12H,3-4,7-8,10,13H2,1-2H3/t21-/m0/s1. The SMILES string of the molecule is CC[C@@]1(C)CC(=O)N(c2cnc(Oc3ccc4c(c3)C3(CCC3)OC4)nc2)C1=O. The number of hydrogen-bond acceptors (Lipinski definition) is 6. The Morgan fingerprint density at radius 1 is 1.21 bits per heavy atom. The molecule has 7 heteroatoms. The Morgan fingerprint density at radius 2 is 1.97 bits per heavy atom. The first-order chi connectivity index (χ1) is 13.9. The van der Waals surface area contributed by atoms with Crippen LogP contribution in [0.2, 0.25) is 0 Å². The zero-order valence-electron chi connectivity index (χ0n) is 16.6. The van der Waals surface area contributed by atoms with Crippen LogP contribution in [0.15, 0.2) is 30.6 Å². The fourth-order valence-electron chi connectivity index (χ4n) is 4.37. The Kier molecular flexibility index (Phi) is 4.00. The van der Waals surface area contributed by atoms with Crippen molar-refractivity contribution in [3.63, 3.8) is 0 Å². The van der Waals surface area contributed by atoms with Gasteiger partial charge in [-0.1, -0.05) is 19.9 Å². The zero-order valence-corrected chi connectivity index (χ0v) is 16.6. The molecule has 1 spiro atoms. The number of aromatic nitrogens is 2. The van der Waals surface area contributed by atoms with Crippen molar-refractivity contribution < 1.29 is 19.1 Å². The first-order valence-electron chi connectivity index (χ1n) is 10.1. The maximum absolute atomic E-state index is 12.7. The number of anilines is 1. The quantitative estimate of drug-likeness (QED) is 0.734. The first-order valence-corrected chi connectivity index (χ1v) is 10.1. The second-order valence-corrected chi connectivity index (χ2v) is 8.41. The number of carbonyl (C=O) groups excluding carboxylic acids is 2. The molecule has 3 heterocycles. The predicted octanol–water partition coefficient (Wildman–Crippen LogP) is 3.86. The number of ether oxygens (including phenoxy) is 2. The molecule has 5 rings (SSSR count). The first kappa shape index (κ1) is 18.2. The molecule has 1 aromatic carbocycles. The lowest BCUT2D eigenvalue weighted by Gasteiger charge is -2.38. The maximum Gasteiger partial charge on any atom is 0.322 e. The molecule has 150 valence electrons. The molecule has 1 aromatic heterocycles. The van der Waals surface area contributed by atoms with Gasteiger partial charge in [0, 0.05) is 6.42 Å². The minimum atomic E-state index is -0.657. The van der Waals surface area contributed by atoms with Gasteiger partial charge in [0.25, 0.3) is 0 Å². The predicted molar refractivity (Wildman–Crippen MR) is 104 cm³/mol. The van der Waals surface area contributed by atoms with Crippen LogP contribution in [0.1, 0.15) is 57.1 Å². The van der Waals surface area contributed by atoms with Gasteiger partial charge in [-0.25, -0.2) is 14.9 Å². The van der Waals surface area contributed by atoms with Gasteiger partial charge in [-0.15, -0.1) is 0 Å². The molecule has 3 aliphatic rings. The van der Waals surface area contributed by atoms with Gasteiger partial charge in [0.2, 0.25) is 11.8 Å². The molecule has 1 aliphatic carbocycles. The van der Waals surface area contributed by atoms with Crippen LogP contribution in [0.25, 0.3) is 0 Å². The van der Waals surface area contributed by atoms with E-state index in [4.69, 9.17) is 9.47 Å². The second kappa shape index (κ2) is 6.35. The van der Waals surface area contributed by atoms with Crippen molar-refractivity contribution in [2.45, 2.75) is 58.2 Å². The molecule has 1 saturated heterocycles. The lowest BCUT2D eigenvalue weighted by atomic mass is 9.75. The van der Waals surface area contributed by atoms with E-state index in [1.165, 1.54) is 34.8 Å². The number of rotatable bonds is 4. The average Bonchev–Trinajstić information content (AvgIpc) is 3.18. The fraction of sp³-hybridized carbons (Fsp3) is 0.455. The van der Waals surface area contributed by atoms with Crippen LogP contribution >= 0.6 is 0 Å². The summed E-state index contributed by atoms with van der Waals surface area (Å²) in [5.74, 6) is 0.230. The summed E-state index contributed by atoms with van der Waals surface area (Å²) in [6.07, 6.45) is 7.01. The third-order valence-corrected chi connectivity index (χ3v) is 6.61. The van der Waals surface area contributed by atoms with Crippen molar-refractivity contribution in [2.75, 3.05) is 4.90 Å². The molecule has 0 N–H and O–H groups in total. The molecule has 1 atom stereocenters. The van der Waals surface area contributed by atoms with Crippen LogP contribution in [0, 0.1) is 5.41 Å². The number of nitrogens with zero attached hydrogens (tertiary/aromatic N) is 3. The van der Waals surface area contributed by atoms with Crippen LogP contribution < -0.4 is 9.64 Å². The second-order valence-electron chi connectivity index (χ2n) is 8.41. The van der Waals surface area contributed by atoms with Gasteiger partial charge < -0.3 is 9.47 Å². The maximum atomic E-state index is 12.7.